The molecular weight excluding hydrogens is 319 g/mol. The average molecular weight is 331 g/mol. The van der Waals surface area contributed by atoms with Crippen LogP contribution in [-0.2, 0) is 9.59 Å². The molecule has 2 aliphatic rings. The zero-order chi connectivity index (χ0) is 17.2. The SMILES string of the molecule is O=C(O)C(F)(F)F.O=C1CN2C(=O)c3ccccc3NC2CN1. The summed E-state index contributed by atoms with van der Waals surface area (Å²) in [5.74, 6) is -2.94. The van der Waals surface area contributed by atoms with Gasteiger partial charge in [0.25, 0.3) is 5.91 Å². The Morgan fingerprint density at radius 3 is 2.48 bits per heavy atom. The summed E-state index contributed by atoms with van der Waals surface area (Å²) >= 11 is 0. The summed E-state index contributed by atoms with van der Waals surface area (Å²) in [6, 6.07) is 7.35. The number of fused-ring (bicyclic) bond motifs is 2. The highest BCUT2D eigenvalue weighted by atomic mass is 19.4. The zero-order valence-electron chi connectivity index (χ0n) is 11.6. The van der Waals surface area contributed by atoms with Gasteiger partial charge < -0.3 is 20.6 Å². The van der Waals surface area contributed by atoms with E-state index in [9.17, 15) is 22.8 Å². The number of para-hydroxylation sites is 1. The van der Waals surface area contributed by atoms with Crippen molar-refractivity contribution in [2.45, 2.75) is 12.3 Å². The monoisotopic (exact) mass is 331 g/mol. The highest BCUT2D eigenvalue weighted by Gasteiger charge is 2.38. The van der Waals surface area contributed by atoms with Crippen molar-refractivity contribution in [3.8, 4) is 0 Å². The van der Waals surface area contributed by atoms with Gasteiger partial charge in [-0.15, -0.1) is 0 Å². The largest absolute Gasteiger partial charge is 0.490 e. The van der Waals surface area contributed by atoms with Crippen molar-refractivity contribution in [3.05, 3.63) is 29.8 Å². The number of hydrogen-bond donors (Lipinski definition) is 3. The van der Waals surface area contributed by atoms with Gasteiger partial charge in [-0.3, -0.25) is 9.59 Å². The number of halogens is 3. The van der Waals surface area contributed by atoms with Crippen LogP contribution in [0, 0.1) is 0 Å². The molecule has 0 spiro atoms. The van der Waals surface area contributed by atoms with Crippen molar-refractivity contribution in [3.63, 3.8) is 0 Å². The number of nitrogens with zero attached hydrogens (tertiary/aromatic N) is 1. The third kappa shape index (κ3) is 3.71. The molecule has 1 aromatic rings. The van der Waals surface area contributed by atoms with E-state index < -0.39 is 12.1 Å². The smallest absolute Gasteiger partial charge is 0.475 e. The van der Waals surface area contributed by atoms with Crippen molar-refractivity contribution < 1.29 is 32.7 Å². The molecule has 7 nitrogen and oxygen atoms in total. The number of piperazine rings is 1. The van der Waals surface area contributed by atoms with Gasteiger partial charge in [0, 0.05) is 5.69 Å². The fourth-order valence-corrected chi connectivity index (χ4v) is 2.11. The van der Waals surface area contributed by atoms with E-state index in [-0.39, 0.29) is 24.5 Å². The summed E-state index contributed by atoms with van der Waals surface area (Å²) in [6.07, 6.45) is -5.21. The van der Waals surface area contributed by atoms with Crippen LogP contribution in [0.3, 0.4) is 0 Å². The first-order valence-electron chi connectivity index (χ1n) is 6.43. The highest BCUT2D eigenvalue weighted by Crippen LogP contribution is 2.25. The summed E-state index contributed by atoms with van der Waals surface area (Å²) in [7, 11) is 0. The molecule has 0 bridgehead atoms. The Hall–Kier alpha value is -2.78. The molecule has 3 N–H and O–H groups in total. The van der Waals surface area contributed by atoms with Crippen LogP contribution in [-0.4, -0.2) is 53.2 Å². The van der Waals surface area contributed by atoms with Crippen molar-refractivity contribution in [2.75, 3.05) is 18.4 Å². The molecule has 0 radical (unpaired) electrons. The van der Waals surface area contributed by atoms with Crippen molar-refractivity contribution in [1.82, 2.24) is 10.2 Å². The summed E-state index contributed by atoms with van der Waals surface area (Å²) in [5, 5.41) is 13.1. The maximum Gasteiger partial charge on any atom is 0.490 e. The Bertz CT molecular complexity index is 648. The fraction of sp³-hybridized carbons (Fsp3) is 0.308. The molecule has 124 valence electrons. The van der Waals surface area contributed by atoms with Gasteiger partial charge in [-0.2, -0.15) is 13.2 Å². The van der Waals surface area contributed by atoms with E-state index in [2.05, 4.69) is 10.6 Å². The number of hydrogen-bond acceptors (Lipinski definition) is 4. The number of aliphatic carboxylic acids is 1. The van der Waals surface area contributed by atoms with Crippen LogP contribution in [0.2, 0.25) is 0 Å². The van der Waals surface area contributed by atoms with Crippen molar-refractivity contribution in [1.29, 1.82) is 0 Å². The molecule has 1 saturated heterocycles. The molecule has 2 amide bonds. The lowest BCUT2D eigenvalue weighted by Crippen LogP contribution is -2.61. The fourth-order valence-electron chi connectivity index (χ4n) is 2.11. The van der Waals surface area contributed by atoms with Crippen LogP contribution in [0.4, 0.5) is 18.9 Å². The van der Waals surface area contributed by atoms with E-state index in [4.69, 9.17) is 9.90 Å². The van der Waals surface area contributed by atoms with E-state index in [1.165, 1.54) is 0 Å². The summed E-state index contributed by atoms with van der Waals surface area (Å²) in [5.41, 5.74) is 1.47. The van der Waals surface area contributed by atoms with Crippen LogP contribution in [0.25, 0.3) is 0 Å². The van der Waals surface area contributed by atoms with Crippen molar-refractivity contribution >= 4 is 23.5 Å². The first kappa shape index (κ1) is 16.6. The molecule has 10 heteroatoms. The normalized spacial score (nSPS) is 19.4. The number of rotatable bonds is 0. The Labute approximate surface area is 128 Å². The molecular formula is C13H12F3N3O4. The third-order valence-corrected chi connectivity index (χ3v) is 3.17. The Kier molecular flexibility index (Phi) is 4.43. The number of benzene rings is 1. The number of carbonyl (C=O) groups is 3. The van der Waals surface area contributed by atoms with Gasteiger partial charge in [0.05, 0.1) is 12.1 Å². The second kappa shape index (κ2) is 6.15. The predicted molar refractivity (Wildman–Crippen MR) is 71.6 cm³/mol. The summed E-state index contributed by atoms with van der Waals surface area (Å²) < 4.78 is 31.7. The second-order valence-electron chi connectivity index (χ2n) is 4.75. The van der Waals surface area contributed by atoms with Crippen molar-refractivity contribution in [2.24, 2.45) is 0 Å². The molecule has 23 heavy (non-hydrogen) atoms. The number of amides is 2. The highest BCUT2D eigenvalue weighted by molar-refractivity contribution is 6.03. The van der Waals surface area contributed by atoms with E-state index in [0.29, 0.717) is 12.1 Å². The minimum atomic E-state index is -5.08. The van der Waals surface area contributed by atoms with E-state index in [1.54, 1.807) is 11.0 Å². The molecule has 2 aliphatic heterocycles. The predicted octanol–water partition coefficient (Wildman–Crippen LogP) is 0.644. The zero-order valence-corrected chi connectivity index (χ0v) is 11.6. The molecule has 0 saturated carbocycles. The van der Waals surface area contributed by atoms with E-state index >= 15 is 0 Å². The van der Waals surface area contributed by atoms with Gasteiger partial charge in [0.15, 0.2) is 0 Å². The molecule has 1 fully saturated rings. The lowest BCUT2D eigenvalue weighted by atomic mass is 10.1. The van der Waals surface area contributed by atoms with Crippen LogP contribution in [0.15, 0.2) is 24.3 Å². The van der Waals surface area contributed by atoms with Gasteiger partial charge in [0.2, 0.25) is 5.91 Å². The third-order valence-electron chi connectivity index (χ3n) is 3.17. The number of anilines is 1. The van der Waals surface area contributed by atoms with E-state index in [1.807, 2.05) is 18.2 Å². The Balaban J connectivity index is 0.000000236. The maximum absolute atomic E-state index is 12.1. The first-order chi connectivity index (χ1) is 10.7. The molecule has 1 unspecified atom stereocenters. The minimum Gasteiger partial charge on any atom is -0.475 e. The standard InChI is InChI=1S/C11H11N3O2.C2HF3O2/c15-10-6-14-9(5-12-10)13-8-4-2-1-3-7(8)11(14)16;3-2(4,5)1(6)7/h1-4,9,13H,5-6H2,(H,12,15);(H,6,7). The molecule has 0 aliphatic carbocycles. The molecule has 0 aromatic heterocycles. The van der Waals surface area contributed by atoms with Gasteiger partial charge in [-0.05, 0) is 12.1 Å². The number of carboxylic acids is 1. The van der Waals surface area contributed by atoms with Crippen LogP contribution >= 0.6 is 0 Å². The van der Waals surface area contributed by atoms with Gasteiger partial charge >= 0.3 is 12.1 Å². The minimum absolute atomic E-state index is 0.0748. The Morgan fingerprint density at radius 2 is 1.87 bits per heavy atom. The maximum atomic E-state index is 12.1. The number of nitrogens with one attached hydrogen (secondary N) is 2. The van der Waals surface area contributed by atoms with Gasteiger partial charge in [0.1, 0.15) is 12.7 Å². The average Bonchev–Trinajstić information content (AvgIpc) is 2.48. The second-order valence-corrected chi connectivity index (χ2v) is 4.75. The quantitative estimate of drug-likeness (QED) is 0.648. The summed E-state index contributed by atoms with van der Waals surface area (Å²) in [6.45, 7) is 0.587. The lowest BCUT2D eigenvalue weighted by Gasteiger charge is -2.40. The van der Waals surface area contributed by atoms with Gasteiger partial charge in [-0.25, -0.2) is 4.79 Å². The summed E-state index contributed by atoms with van der Waals surface area (Å²) in [4.78, 5) is 33.8. The lowest BCUT2D eigenvalue weighted by molar-refractivity contribution is -0.192. The molecule has 2 heterocycles. The number of alkyl halides is 3. The van der Waals surface area contributed by atoms with Crippen LogP contribution in [0.5, 0.6) is 0 Å². The molecule has 1 atom stereocenters. The van der Waals surface area contributed by atoms with Gasteiger partial charge in [-0.1, -0.05) is 12.1 Å². The molecule has 1 aromatic carbocycles. The van der Waals surface area contributed by atoms with Crippen LogP contribution < -0.4 is 10.6 Å². The first-order valence-corrected chi connectivity index (χ1v) is 6.43. The Morgan fingerprint density at radius 1 is 1.26 bits per heavy atom. The topological polar surface area (TPSA) is 98.7 Å². The number of carbonyl (C=O) groups excluding carboxylic acids is 2. The molecule has 3 rings (SSSR count). The van der Waals surface area contributed by atoms with E-state index in [0.717, 1.165) is 5.69 Å². The van der Waals surface area contributed by atoms with Crippen LogP contribution in [0.1, 0.15) is 10.4 Å². The number of carboxylic acid groups (broad SMARTS) is 1.